The number of nitrogens with zero attached hydrogens (tertiary/aromatic N) is 1. The number of carbonyl (C=O) groups excluding carboxylic acids is 1. The summed E-state index contributed by atoms with van der Waals surface area (Å²) in [5, 5.41) is 15.4. The lowest BCUT2D eigenvalue weighted by Gasteiger charge is -2.16. The Morgan fingerprint density at radius 2 is 2.04 bits per heavy atom. The molecule has 0 bridgehead atoms. The number of anilines is 1. The Balaban J connectivity index is 1.75. The summed E-state index contributed by atoms with van der Waals surface area (Å²) in [4.78, 5) is 12.8. The van der Waals surface area contributed by atoms with Gasteiger partial charge in [0.25, 0.3) is 5.91 Å². The molecule has 0 aromatic heterocycles. The van der Waals surface area contributed by atoms with E-state index in [1.54, 1.807) is 38.5 Å². The standard InChI is InChI=1S/C21H23N3O4/c1-26-19-6-4-15(10-20(19)27-2)12-23-21(25)17-9-14(11-22)3-5-18(17)24-16-7-8-28-13-16/h3-6,9-10,16,24H,7-8,12-13H2,1-2H3,(H,23,25)/t16-/m1/s1. The normalized spacial score (nSPS) is 15.5. The molecule has 0 spiro atoms. The molecule has 1 amide bonds. The smallest absolute Gasteiger partial charge is 0.253 e. The summed E-state index contributed by atoms with van der Waals surface area (Å²) in [6.07, 6.45) is 0.882. The molecule has 3 rings (SSSR count). The summed E-state index contributed by atoms with van der Waals surface area (Å²) in [6, 6.07) is 12.8. The topological polar surface area (TPSA) is 92.6 Å². The van der Waals surface area contributed by atoms with Crippen molar-refractivity contribution in [1.29, 1.82) is 5.26 Å². The minimum absolute atomic E-state index is 0.158. The zero-order valence-corrected chi connectivity index (χ0v) is 16.0. The number of nitrogens with one attached hydrogen (secondary N) is 2. The molecule has 1 heterocycles. The molecule has 146 valence electrons. The third kappa shape index (κ3) is 4.53. The molecule has 7 heteroatoms. The highest BCUT2D eigenvalue weighted by Crippen LogP contribution is 2.27. The van der Waals surface area contributed by atoms with Crippen molar-refractivity contribution in [2.24, 2.45) is 0 Å². The van der Waals surface area contributed by atoms with Gasteiger partial charge in [-0.25, -0.2) is 0 Å². The van der Waals surface area contributed by atoms with Gasteiger partial charge in [-0.2, -0.15) is 5.26 Å². The first kappa shape index (κ1) is 19.5. The van der Waals surface area contributed by atoms with Crippen LogP contribution in [0.15, 0.2) is 36.4 Å². The van der Waals surface area contributed by atoms with Crippen molar-refractivity contribution in [2.45, 2.75) is 19.0 Å². The predicted molar refractivity (Wildman–Crippen MR) is 105 cm³/mol. The van der Waals surface area contributed by atoms with Crippen LogP contribution in [0.2, 0.25) is 0 Å². The highest BCUT2D eigenvalue weighted by molar-refractivity contribution is 6.00. The fourth-order valence-corrected chi connectivity index (χ4v) is 3.06. The first-order valence-corrected chi connectivity index (χ1v) is 9.02. The number of methoxy groups -OCH3 is 2. The Morgan fingerprint density at radius 1 is 1.21 bits per heavy atom. The van der Waals surface area contributed by atoms with Crippen LogP contribution in [0.25, 0.3) is 0 Å². The van der Waals surface area contributed by atoms with Gasteiger partial charge in [-0.1, -0.05) is 6.07 Å². The van der Waals surface area contributed by atoms with E-state index in [2.05, 4.69) is 16.7 Å². The van der Waals surface area contributed by atoms with E-state index in [1.165, 1.54) is 0 Å². The van der Waals surface area contributed by atoms with Crippen molar-refractivity contribution in [3.05, 3.63) is 53.1 Å². The number of rotatable bonds is 7. The lowest BCUT2D eigenvalue weighted by molar-refractivity contribution is 0.0951. The maximum Gasteiger partial charge on any atom is 0.253 e. The van der Waals surface area contributed by atoms with Crippen LogP contribution >= 0.6 is 0 Å². The number of hydrogen-bond donors (Lipinski definition) is 2. The van der Waals surface area contributed by atoms with Crippen LogP contribution in [0.4, 0.5) is 5.69 Å². The van der Waals surface area contributed by atoms with Crippen molar-refractivity contribution >= 4 is 11.6 Å². The first-order chi connectivity index (χ1) is 13.6. The molecular formula is C21H23N3O4. The van der Waals surface area contributed by atoms with E-state index in [9.17, 15) is 10.1 Å². The number of hydrogen-bond acceptors (Lipinski definition) is 6. The Hall–Kier alpha value is -3.24. The maximum absolute atomic E-state index is 12.8. The van der Waals surface area contributed by atoms with Crippen molar-refractivity contribution in [3.63, 3.8) is 0 Å². The third-order valence-corrected chi connectivity index (χ3v) is 4.58. The molecule has 2 aromatic rings. The molecular weight excluding hydrogens is 358 g/mol. The molecule has 28 heavy (non-hydrogen) atoms. The highest BCUT2D eigenvalue weighted by Gasteiger charge is 2.19. The van der Waals surface area contributed by atoms with Crippen LogP contribution < -0.4 is 20.1 Å². The second-order valence-corrected chi connectivity index (χ2v) is 6.45. The SMILES string of the molecule is COc1ccc(CNC(=O)c2cc(C#N)ccc2N[C@@H]2CCOC2)cc1OC. The molecule has 2 N–H and O–H groups in total. The van der Waals surface area contributed by atoms with Gasteiger partial charge in [-0.3, -0.25) is 4.79 Å². The van der Waals surface area contributed by atoms with Crippen LogP contribution in [0.5, 0.6) is 11.5 Å². The minimum Gasteiger partial charge on any atom is -0.493 e. The average molecular weight is 381 g/mol. The van der Waals surface area contributed by atoms with E-state index in [4.69, 9.17) is 14.2 Å². The Kier molecular flexibility index (Phi) is 6.35. The molecule has 1 aliphatic heterocycles. The van der Waals surface area contributed by atoms with Crippen LogP contribution in [0.1, 0.15) is 27.9 Å². The largest absolute Gasteiger partial charge is 0.493 e. The van der Waals surface area contributed by atoms with E-state index in [-0.39, 0.29) is 11.9 Å². The second-order valence-electron chi connectivity index (χ2n) is 6.45. The van der Waals surface area contributed by atoms with E-state index in [0.717, 1.165) is 12.0 Å². The van der Waals surface area contributed by atoms with Crippen molar-refractivity contribution < 1.29 is 19.0 Å². The molecule has 7 nitrogen and oxygen atoms in total. The van der Waals surface area contributed by atoms with Crippen LogP contribution in [0.3, 0.4) is 0 Å². The number of nitriles is 1. The van der Waals surface area contributed by atoms with Gasteiger partial charge >= 0.3 is 0 Å². The van der Waals surface area contributed by atoms with E-state index in [1.807, 2.05) is 12.1 Å². The molecule has 0 unspecified atom stereocenters. The van der Waals surface area contributed by atoms with Gasteiger partial charge in [0.15, 0.2) is 11.5 Å². The zero-order chi connectivity index (χ0) is 19.9. The number of benzene rings is 2. The van der Waals surface area contributed by atoms with Gasteiger partial charge in [0, 0.05) is 18.8 Å². The zero-order valence-electron chi connectivity index (χ0n) is 16.0. The maximum atomic E-state index is 12.8. The minimum atomic E-state index is -0.256. The van der Waals surface area contributed by atoms with Gasteiger partial charge < -0.3 is 24.8 Å². The Bertz CT molecular complexity index is 886. The van der Waals surface area contributed by atoms with Gasteiger partial charge in [-0.15, -0.1) is 0 Å². The average Bonchev–Trinajstić information content (AvgIpc) is 3.25. The summed E-state index contributed by atoms with van der Waals surface area (Å²) >= 11 is 0. The van der Waals surface area contributed by atoms with Crippen molar-refractivity contribution in [1.82, 2.24) is 5.32 Å². The van der Waals surface area contributed by atoms with Crippen LogP contribution in [-0.4, -0.2) is 39.4 Å². The summed E-state index contributed by atoms with van der Waals surface area (Å²) in [5.41, 5.74) is 2.44. The fraction of sp³-hybridized carbons (Fsp3) is 0.333. The monoisotopic (exact) mass is 381 g/mol. The molecule has 0 aliphatic carbocycles. The molecule has 1 saturated heterocycles. The summed E-state index contributed by atoms with van der Waals surface area (Å²) < 4.78 is 15.9. The summed E-state index contributed by atoms with van der Waals surface area (Å²) in [6.45, 7) is 1.63. The second kappa shape index (κ2) is 9.11. The highest BCUT2D eigenvalue weighted by atomic mass is 16.5. The third-order valence-electron chi connectivity index (χ3n) is 4.58. The quantitative estimate of drug-likeness (QED) is 0.766. The molecule has 2 aromatic carbocycles. The predicted octanol–water partition coefficient (Wildman–Crippen LogP) is 2.71. The van der Waals surface area contributed by atoms with Crippen LogP contribution in [0, 0.1) is 11.3 Å². The fourth-order valence-electron chi connectivity index (χ4n) is 3.06. The van der Waals surface area contributed by atoms with E-state index < -0.39 is 0 Å². The van der Waals surface area contributed by atoms with Gasteiger partial charge in [-0.05, 0) is 42.3 Å². The first-order valence-electron chi connectivity index (χ1n) is 9.02. The Labute approximate surface area is 164 Å². The lowest BCUT2D eigenvalue weighted by Crippen LogP contribution is -2.26. The number of carbonyl (C=O) groups is 1. The van der Waals surface area contributed by atoms with Gasteiger partial charge in [0.05, 0.1) is 44.1 Å². The number of amides is 1. The van der Waals surface area contributed by atoms with Crippen molar-refractivity contribution in [2.75, 3.05) is 32.8 Å². The molecule has 1 fully saturated rings. The molecule has 0 radical (unpaired) electrons. The van der Waals surface area contributed by atoms with Crippen LogP contribution in [-0.2, 0) is 11.3 Å². The number of ether oxygens (including phenoxy) is 3. The molecule has 0 saturated carbocycles. The molecule has 1 aliphatic rings. The summed E-state index contributed by atoms with van der Waals surface area (Å²) in [5.74, 6) is 0.974. The van der Waals surface area contributed by atoms with Gasteiger partial charge in [0.1, 0.15) is 0 Å². The Morgan fingerprint density at radius 3 is 2.71 bits per heavy atom. The van der Waals surface area contributed by atoms with Crippen molar-refractivity contribution in [3.8, 4) is 17.6 Å². The summed E-state index contributed by atoms with van der Waals surface area (Å²) in [7, 11) is 3.14. The van der Waals surface area contributed by atoms with Gasteiger partial charge in [0.2, 0.25) is 0 Å². The van der Waals surface area contributed by atoms with E-state index in [0.29, 0.717) is 48.1 Å². The molecule has 1 atom stereocenters. The van der Waals surface area contributed by atoms with E-state index >= 15 is 0 Å². The lowest BCUT2D eigenvalue weighted by atomic mass is 10.1.